The van der Waals surface area contributed by atoms with Gasteiger partial charge in [0.25, 0.3) is 0 Å². The molecule has 20 heavy (non-hydrogen) atoms. The monoisotopic (exact) mass is 281 g/mol. The quantitative estimate of drug-likeness (QED) is 0.835. The molecule has 1 aliphatic carbocycles. The molecule has 114 valence electrons. The molecule has 2 rings (SSSR count). The Morgan fingerprint density at radius 3 is 2.55 bits per heavy atom. The highest BCUT2D eigenvalue weighted by atomic mass is 16.2. The lowest BCUT2D eigenvalue weighted by atomic mass is 9.84. The molecule has 0 aromatic rings. The fourth-order valence-electron chi connectivity index (χ4n) is 3.28. The summed E-state index contributed by atoms with van der Waals surface area (Å²) in [6, 6.07) is 0.248. The molecule has 1 aliphatic heterocycles. The largest absolute Gasteiger partial charge is 0.341 e. The number of amides is 2. The van der Waals surface area contributed by atoms with E-state index in [1.807, 2.05) is 4.90 Å². The Bertz CT molecular complexity index is 353. The van der Waals surface area contributed by atoms with Gasteiger partial charge in [-0.25, -0.2) is 0 Å². The molecule has 0 radical (unpaired) electrons. The lowest BCUT2D eigenvalue weighted by Crippen LogP contribution is -2.40. The average molecular weight is 281 g/mol. The van der Waals surface area contributed by atoms with E-state index in [-0.39, 0.29) is 24.4 Å². The van der Waals surface area contributed by atoms with E-state index in [4.69, 9.17) is 5.73 Å². The van der Waals surface area contributed by atoms with Gasteiger partial charge in [-0.1, -0.05) is 6.42 Å². The average Bonchev–Trinajstić information content (AvgIpc) is 2.92. The number of carbonyl (C=O) groups is 2. The maximum absolute atomic E-state index is 12.2. The van der Waals surface area contributed by atoms with Gasteiger partial charge >= 0.3 is 0 Å². The molecular weight excluding hydrogens is 254 g/mol. The van der Waals surface area contributed by atoms with Gasteiger partial charge in [-0.05, 0) is 38.0 Å². The van der Waals surface area contributed by atoms with Gasteiger partial charge in [0.15, 0.2) is 0 Å². The molecule has 2 atom stereocenters. The predicted molar refractivity (Wildman–Crippen MR) is 78.0 cm³/mol. The number of carbonyl (C=O) groups excluding carboxylic acids is 2. The van der Waals surface area contributed by atoms with Crippen LogP contribution in [0, 0.1) is 5.92 Å². The summed E-state index contributed by atoms with van der Waals surface area (Å²) in [7, 11) is 1.74. The normalized spacial score (nSPS) is 26.6. The minimum Gasteiger partial charge on any atom is -0.341 e. The predicted octanol–water partition coefficient (Wildman–Crippen LogP) is 0.975. The highest BCUT2D eigenvalue weighted by molar-refractivity contribution is 5.84. The van der Waals surface area contributed by atoms with Gasteiger partial charge in [0.05, 0.1) is 6.54 Å². The molecule has 2 unspecified atom stereocenters. The fraction of sp³-hybridized carbons (Fsp3) is 0.867. The number of likely N-dealkylation sites (tertiary alicyclic amines) is 1. The molecule has 1 saturated heterocycles. The number of hydrogen-bond donors (Lipinski definition) is 1. The second kappa shape index (κ2) is 7.07. The van der Waals surface area contributed by atoms with Crippen LogP contribution >= 0.6 is 0 Å². The van der Waals surface area contributed by atoms with E-state index in [1.54, 1.807) is 11.9 Å². The minimum atomic E-state index is 0.0802. The Morgan fingerprint density at radius 2 is 1.90 bits per heavy atom. The maximum atomic E-state index is 12.2. The van der Waals surface area contributed by atoms with E-state index in [1.165, 1.54) is 0 Å². The molecule has 0 aromatic heterocycles. The van der Waals surface area contributed by atoms with E-state index in [0.29, 0.717) is 12.3 Å². The second-order valence-electron chi connectivity index (χ2n) is 6.33. The summed E-state index contributed by atoms with van der Waals surface area (Å²) in [6.07, 6.45) is 6.95. The summed E-state index contributed by atoms with van der Waals surface area (Å²) >= 11 is 0. The zero-order chi connectivity index (χ0) is 14.5. The van der Waals surface area contributed by atoms with E-state index in [0.717, 1.165) is 51.6 Å². The molecule has 5 heteroatoms. The van der Waals surface area contributed by atoms with Crippen LogP contribution in [0.1, 0.15) is 44.9 Å². The first-order valence-corrected chi connectivity index (χ1v) is 7.83. The van der Waals surface area contributed by atoms with Gasteiger partial charge < -0.3 is 15.5 Å². The summed E-state index contributed by atoms with van der Waals surface area (Å²) < 4.78 is 0. The van der Waals surface area contributed by atoms with Gasteiger partial charge in [0.2, 0.25) is 11.8 Å². The van der Waals surface area contributed by atoms with Crippen LogP contribution in [-0.4, -0.2) is 54.3 Å². The molecule has 5 nitrogen and oxygen atoms in total. The summed E-state index contributed by atoms with van der Waals surface area (Å²) in [5.74, 6) is 0.561. The molecule has 0 spiro atoms. The SMILES string of the molecule is CN(CC(=O)N1CCCC1)C(=O)CC1CCCC(N)C1. The summed E-state index contributed by atoms with van der Waals surface area (Å²) in [6.45, 7) is 1.91. The van der Waals surface area contributed by atoms with Gasteiger partial charge in [-0.2, -0.15) is 0 Å². The minimum absolute atomic E-state index is 0.0802. The number of rotatable bonds is 4. The Balaban J connectivity index is 1.75. The zero-order valence-electron chi connectivity index (χ0n) is 12.5. The Hall–Kier alpha value is -1.10. The third kappa shape index (κ3) is 4.20. The highest BCUT2D eigenvalue weighted by Gasteiger charge is 2.25. The van der Waals surface area contributed by atoms with Crippen LogP contribution in [-0.2, 0) is 9.59 Å². The molecule has 2 aliphatic rings. The van der Waals surface area contributed by atoms with Crippen LogP contribution < -0.4 is 5.73 Å². The van der Waals surface area contributed by atoms with Crippen molar-refractivity contribution >= 4 is 11.8 Å². The van der Waals surface area contributed by atoms with Crippen molar-refractivity contribution in [1.82, 2.24) is 9.80 Å². The van der Waals surface area contributed by atoms with Crippen molar-refractivity contribution in [2.75, 3.05) is 26.7 Å². The van der Waals surface area contributed by atoms with E-state index in [9.17, 15) is 9.59 Å². The van der Waals surface area contributed by atoms with Crippen LogP contribution in [0.3, 0.4) is 0 Å². The van der Waals surface area contributed by atoms with E-state index < -0.39 is 0 Å². The topological polar surface area (TPSA) is 66.6 Å². The van der Waals surface area contributed by atoms with Crippen LogP contribution in [0.15, 0.2) is 0 Å². The molecule has 0 bridgehead atoms. The summed E-state index contributed by atoms with van der Waals surface area (Å²) in [5.41, 5.74) is 5.95. The third-order valence-electron chi connectivity index (χ3n) is 4.54. The van der Waals surface area contributed by atoms with Crippen molar-refractivity contribution in [2.45, 2.75) is 51.0 Å². The second-order valence-corrected chi connectivity index (χ2v) is 6.33. The lowest BCUT2D eigenvalue weighted by Gasteiger charge is -2.28. The molecule has 2 N–H and O–H groups in total. The summed E-state index contributed by atoms with van der Waals surface area (Å²) in [5, 5.41) is 0. The molecule has 1 heterocycles. The van der Waals surface area contributed by atoms with E-state index in [2.05, 4.69) is 0 Å². The smallest absolute Gasteiger partial charge is 0.242 e. The Kier molecular flexibility index (Phi) is 5.40. The van der Waals surface area contributed by atoms with Gasteiger partial charge in [-0.15, -0.1) is 0 Å². The molecule has 2 amide bonds. The van der Waals surface area contributed by atoms with Gasteiger partial charge in [-0.3, -0.25) is 9.59 Å². The molecule has 0 aromatic carbocycles. The summed E-state index contributed by atoms with van der Waals surface area (Å²) in [4.78, 5) is 27.6. The first-order chi connectivity index (χ1) is 9.56. The Labute approximate surface area is 121 Å². The van der Waals surface area contributed by atoms with Crippen molar-refractivity contribution in [2.24, 2.45) is 11.7 Å². The van der Waals surface area contributed by atoms with Crippen molar-refractivity contribution < 1.29 is 9.59 Å². The number of hydrogen-bond acceptors (Lipinski definition) is 3. The van der Waals surface area contributed by atoms with Crippen molar-refractivity contribution in [3.05, 3.63) is 0 Å². The molecular formula is C15H27N3O2. The maximum Gasteiger partial charge on any atom is 0.242 e. The third-order valence-corrected chi connectivity index (χ3v) is 4.54. The fourth-order valence-corrected chi connectivity index (χ4v) is 3.28. The number of nitrogens with two attached hydrogens (primary N) is 1. The van der Waals surface area contributed by atoms with Crippen molar-refractivity contribution in [3.8, 4) is 0 Å². The standard InChI is InChI=1S/C15H27N3O2/c1-17(11-15(20)18-7-2-3-8-18)14(19)10-12-5-4-6-13(16)9-12/h12-13H,2-11,16H2,1H3. The lowest BCUT2D eigenvalue weighted by molar-refractivity contribution is -0.139. The van der Waals surface area contributed by atoms with Gasteiger partial charge in [0, 0.05) is 32.6 Å². The number of likely N-dealkylation sites (N-methyl/N-ethyl adjacent to an activating group) is 1. The van der Waals surface area contributed by atoms with Gasteiger partial charge in [0.1, 0.15) is 0 Å². The van der Waals surface area contributed by atoms with Crippen LogP contribution in [0.5, 0.6) is 0 Å². The van der Waals surface area contributed by atoms with Crippen LogP contribution in [0.2, 0.25) is 0 Å². The van der Waals surface area contributed by atoms with E-state index >= 15 is 0 Å². The first kappa shape index (κ1) is 15.3. The van der Waals surface area contributed by atoms with Crippen molar-refractivity contribution in [1.29, 1.82) is 0 Å². The zero-order valence-corrected chi connectivity index (χ0v) is 12.5. The molecule has 2 fully saturated rings. The van der Waals surface area contributed by atoms with Crippen molar-refractivity contribution in [3.63, 3.8) is 0 Å². The first-order valence-electron chi connectivity index (χ1n) is 7.83. The number of nitrogens with zero attached hydrogens (tertiary/aromatic N) is 2. The Morgan fingerprint density at radius 1 is 1.20 bits per heavy atom. The van der Waals surface area contributed by atoms with Crippen LogP contribution in [0.4, 0.5) is 0 Å². The molecule has 1 saturated carbocycles. The van der Waals surface area contributed by atoms with Crippen LogP contribution in [0.25, 0.3) is 0 Å². The highest BCUT2D eigenvalue weighted by Crippen LogP contribution is 2.26.